The van der Waals surface area contributed by atoms with E-state index in [4.69, 9.17) is 5.26 Å². The third-order valence-corrected chi connectivity index (χ3v) is 3.18. The molecule has 7 heteroatoms. The van der Waals surface area contributed by atoms with E-state index in [1.54, 1.807) is 0 Å². The van der Waals surface area contributed by atoms with Gasteiger partial charge < -0.3 is 10.6 Å². The molecule has 2 rings (SSSR count). The molecule has 0 aliphatic carbocycles. The van der Waals surface area contributed by atoms with E-state index in [2.05, 4.69) is 15.6 Å². The van der Waals surface area contributed by atoms with E-state index in [-0.39, 0.29) is 17.1 Å². The smallest absolute Gasteiger partial charge is 0.328 e. The van der Waals surface area contributed by atoms with E-state index >= 15 is 0 Å². The van der Waals surface area contributed by atoms with Gasteiger partial charge >= 0.3 is 5.69 Å². The number of nitriles is 1. The quantitative estimate of drug-likeness (QED) is 0.625. The maximum absolute atomic E-state index is 11.0. The number of piperidine rings is 1. The van der Waals surface area contributed by atoms with Crippen LogP contribution < -0.4 is 10.6 Å². The summed E-state index contributed by atoms with van der Waals surface area (Å²) < 4.78 is 0. The van der Waals surface area contributed by atoms with E-state index in [1.165, 1.54) is 12.3 Å². The molecule has 1 atom stereocenters. The molecule has 2 heterocycles. The van der Waals surface area contributed by atoms with Crippen LogP contribution >= 0.6 is 0 Å². The van der Waals surface area contributed by atoms with E-state index in [1.807, 2.05) is 6.07 Å². The zero-order valence-electron chi connectivity index (χ0n) is 10.4. The summed E-state index contributed by atoms with van der Waals surface area (Å²) in [5, 5.41) is 26.2. The average Bonchev–Trinajstić information content (AvgIpc) is 2.45. The van der Waals surface area contributed by atoms with Crippen LogP contribution in [-0.2, 0) is 0 Å². The molecule has 100 valence electrons. The second kappa shape index (κ2) is 6.11. The number of pyridine rings is 1. The van der Waals surface area contributed by atoms with Crippen LogP contribution in [0, 0.1) is 27.4 Å². The number of aromatic nitrogens is 1. The highest BCUT2D eigenvalue weighted by Crippen LogP contribution is 2.26. The van der Waals surface area contributed by atoms with E-state index in [0.717, 1.165) is 25.9 Å². The van der Waals surface area contributed by atoms with E-state index in [9.17, 15) is 10.1 Å². The molecule has 2 N–H and O–H groups in total. The van der Waals surface area contributed by atoms with Crippen molar-refractivity contribution in [2.24, 2.45) is 5.92 Å². The minimum Gasteiger partial charge on any atom is -0.364 e. The third kappa shape index (κ3) is 3.17. The van der Waals surface area contributed by atoms with Crippen LogP contribution in [0.15, 0.2) is 12.3 Å². The fourth-order valence-corrected chi connectivity index (χ4v) is 2.20. The Hall–Kier alpha value is -2.20. The van der Waals surface area contributed by atoms with Crippen molar-refractivity contribution in [3.05, 3.63) is 27.9 Å². The summed E-state index contributed by atoms with van der Waals surface area (Å²) in [5.41, 5.74) is -0.210. The van der Waals surface area contributed by atoms with Crippen molar-refractivity contribution < 1.29 is 4.92 Å². The predicted octanol–water partition coefficient (Wildman–Crippen LogP) is 1.27. The third-order valence-electron chi connectivity index (χ3n) is 3.18. The molecule has 1 fully saturated rings. The molecule has 1 aromatic heterocycles. The number of rotatable bonds is 4. The maximum atomic E-state index is 11.0. The first-order valence-electron chi connectivity index (χ1n) is 6.20. The Morgan fingerprint density at radius 3 is 3.16 bits per heavy atom. The van der Waals surface area contributed by atoms with Crippen molar-refractivity contribution in [1.29, 1.82) is 5.26 Å². The predicted molar refractivity (Wildman–Crippen MR) is 69.7 cm³/mol. The minimum absolute atomic E-state index is 0.0317. The van der Waals surface area contributed by atoms with Crippen LogP contribution in [0.2, 0.25) is 0 Å². The van der Waals surface area contributed by atoms with Gasteiger partial charge in [-0.05, 0) is 37.9 Å². The van der Waals surface area contributed by atoms with Gasteiger partial charge in [-0.15, -0.1) is 0 Å². The molecule has 1 aliphatic rings. The summed E-state index contributed by atoms with van der Waals surface area (Å²) in [6, 6.07) is 3.17. The molecule has 0 saturated carbocycles. The molecule has 0 bridgehead atoms. The van der Waals surface area contributed by atoms with Crippen molar-refractivity contribution in [2.45, 2.75) is 12.8 Å². The molecular formula is C12H15N5O2. The molecule has 0 radical (unpaired) electrons. The van der Waals surface area contributed by atoms with Crippen molar-refractivity contribution >= 4 is 11.5 Å². The van der Waals surface area contributed by atoms with Gasteiger partial charge in [0.05, 0.1) is 4.92 Å². The standard InChI is InChI=1S/C12H15N5O2/c13-6-10-3-5-15-12(11(10)17(18)19)16-8-9-2-1-4-14-7-9/h3,5,9,14H,1-2,4,7-8H2,(H,15,16). The molecule has 19 heavy (non-hydrogen) atoms. The molecule has 0 aromatic carbocycles. The topological polar surface area (TPSA) is 104 Å². The first-order valence-corrected chi connectivity index (χ1v) is 6.20. The van der Waals surface area contributed by atoms with Gasteiger partial charge in [-0.3, -0.25) is 10.1 Å². The van der Waals surface area contributed by atoms with Gasteiger partial charge in [0, 0.05) is 12.7 Å². The first-order chi connectivity index (χ1) is 9.22. The van der Waals surface area contributed by atoms with Gasteiger partial charge in [0.1, 0.15) is 11.6 Å². The summed E-state index contributed by atoms with van der Waals surface area (Å²) in [7, 11) is 0. The molecule has 1 aromatic rings. The van der Waals surface area contributed by atoms with Crippen LogP contribution in [0.3, 0.4) is 0 Å². The lowest BCUT2D eigenvalue weighted by Crippen LogP contribution is -2.33. The van der Waals surface area contributed by atoms with Crippen molar-refractivity contribution in [3.8, 4) is 6.07 Å². The zero-order valence-corrected chi connectivity index (χ0v) is 10.4. The first kappa shape index (κ1) is 13.2. The molecule has 0 spiro atoms. The number of nitro groups is 1. The zero-order chi connectivity index (χ0) is 13.7. The highest BCUT2D eigenvalue weighted by atomic mass is 16.6. The lowest BCUT2D eigenvalue weighted by Gasteiger charge is -2.23. The average molecular weight is 261 g/mol. The normalized spacial score (nSPS) is 18.6. The summed E-state index contributed by atoms with van der Waals surface area (Å²) in [4.78, 5) is 14.4. The van der Waals surface area contributed by atoms with Gasteiger partial charge in [0.25, 0.3) is 0 Å². The number of hydrogen-bond acceptors (Lipinski definition) is 6. The minimum atomic E-state index is -0.562. The van der Waals surface area contributed by atoms with E-state index < -0.39 is 4.92 Å². The van der Waals surface area contributed by atoms with Crippen LogP contribution in [0.1, 0.15) is 18.4 Å². The number of hydrogen-bond donors (Lipinski definition) is 2. The number of nitrogens with zero attached hydrogens (tertiary/aromatic N) is 3. The monoisotopic (exact) mass is 261 g/mol. The summed E-state index contributed by atoms with van der Waals surface area (Å²) >= 11 is 0. The van der Waals surface area contributed by atoms with Crippen LogP contribution in [0.25, 0.3) is 0 Å². The van der Waals surface area contributed by atoms with Gasteiger partial charge in [0.15, 0.2) is 0 Å². The van der Waals surface area contributed by atoms with Gasteiger partial charge in [-0.2, -0.15) is 5.26 Å². The Bertz CT molecular complexity index is 505. The van der Waals surface area contributed by atoms with Crippen molar-refractivity contribution in [1.82, 2.24) is 10.3 Å². The molecule has 1 saturated heterocycles. The van der Waals surface area contributed by atoms with Gasteiger partial charge in [-0.25, -0.2) is 4.98 Å². The van der Waals surface area contributed by atoms with Gasteiger partial charge in [0.2, 0.25) is 5.82 Å². The van der Waals surface area contributed by atoms with Crippen molar-refractivity contribution in [2.75, 3.05) is 25.0 Å². The summed E-state index contributed by atoms with van der Waals surface area (Å²) in [5.74, 6) is 0.607. The molecule has 1 unspecified atom stereocenters. The number of anilines is 1. The fraction of sp³-hybridized carbons (Fsp3) is 0.500. The fourth-order valence-electron chi connectivity index (χ4n) is 2.20. The van der Waals surface area contributed by atoms with Crippen LogP contribution in [-0.4, -0.2) is 29.5 Å². The Kier molecular flexibility index (Phi) is 4.26. The van der Waals surface area contributed by atoms with E-state index in [0.29, 0.717) is 12.5 Å². The second-order valence-electron chi connectivity index (χ2n) is 4.52. The second-order valence-corrected chi connectivity index (χ2v) is 4.52. The van der Waals surface area contributed by atoms with Crippen molar-refractivity contribution in [3.63, 3.8) is 0 Å². The van der Waals surface area contributed by atoms with Crippen LogP contribution in [0.4, 0.5) is 11.5 Å². The lowest BCUT2D eigenvalue weighted by molar-refractivity contribution is -0.384. The lowest BCUT2D eigenvalue weighted by atomic mass is 10.00. The van der Waals surface area contributed by atoms with Crippen LogP contribution in [0.5, 0.6) is 0 Å². The maximum Gasteiger partial charge on any atom is 0.328 e. The Morgan fingerprint density at radius 2 is 2.53 bits per heavy atom. The summed E-state index contributed by atoms with van der Waals surface area (Å²) in [6.07, 6.45) is 3.61. The summed E-state index contributed by atoms with van der Waals surface area (Å²) in [6.45, 7) is 2.55. The van der Waals surface area contributed by atoms with Gasteiger partial charge in [-0.1, -0.05) is 0 Å². The highest BCUT2D eigenvalue weighted by Gasteiger charge is 2.22. The SMILES string of the molecule is N#Cc1ccnc(NCC2CCCNC2)c1[N+](=O)[O-]. The molecule has 0 amide bonds. The molecular weight excluding hydrogens is 246 g/mol. The Balaban J connectivity index is 2.11. The Labute approximate surface area is 110 Å². The largest absolute Gasteiger partial charge is 0.364 e. The molecule has 7 nitrogen and oxygen atoms in total. The number of nitrogens with one attached hydrogen (secondary N) is 2. The molecule has 1 aliphatic heterocycles. The Morgan fingerprint density at radius 1 is 1.68 bits per heavy atom. The highest BCUT2D eigenvalue weighted by molar-refractivity contribution is 5.64.